The van der Waals surface area contributed by atoms with Crippen LogP contribution in [-0.4, -0.2) is 47.0 Å². The molecule has 1 aromatic heterocycles. The number of fused-ring (bicyclic) bond motifs is 1. The van der Waals surface area contributed by atoms with E-state index in [1.807, 2.05) is 30.3 Å². The molecule has 0 bridgehead atoms. The second kappa shape index (κ2) is 12.1. The van der Waals surface area contributed by atoms with E-state index in [1.54, 1.807) is 30.3 Å². The lowest BCUT2D eigenvalue weighted by molar-refractivity contribution is 0.0949. The minimum atomic E-state index is -0.149. The highest BCUT2D eigenvalue weighted by molar-refractivity contribution is 6.35. The fourth-order valence-electron chi connectivity index (χ4n) is 4.69. The summed E-state index contributed by atoms with van der Waals surface area (Å²) in [5.41, 5.74) is 3.08. The molecule has 1 unspecified atom stereocenters. The summed E-state index contributed by atoms with van der Waals surface area (Å²) in [7, 11) is 2.14. The molecule has 1 amide bonds. The monoisotopic (exact) mass is 552 g/mol. The molecule has 7 nitrogen and oxygen atoms in total. The van der Waals surface area contributed by atoms with Gasteiger partial charge in [0.25, 0.3) is 5.91 Å². The maximum atomic E-state index is 12.9. The number of amides is 1. The number of halogens is 2. The molecular weight excluding hydrogens is 523 g/mol. The summed E-state index contributed by atoms with van der Waals surface area (Å²) in [5.74, 6) is 1.48. The summed E-state index contributed by atoms with van der Waals surface area (Å²) >= 11 is 12.4. The normalized spacial score (nSPS) is 15.6. The zero-order chi connectivity index (χ0) is 26.5. The number of aromatic amines is 1. The van der Waals surface area contributed by atoms with Gasteiger partial charge in [-0.3, -0.25) is 4.79 Å². The van der Waals surface area contributed by atoms with Crippen LogP contribution < -0.4 is 14.8 Å². The van der Waals surface area contributed by atoms with E-state index in [4.69, 9.17) is 32.7 Å². The zero-order valence-electron chi connectivity index (χ0n) is 21.2. The van der Waals surface area contributed by atoms with E-state index in [0.29, 0.717) is 45.5 Å². The molecule has 2 heterocycles. The van der Waals surface area contributed by atoms with Crippen molar-refractivity contribution in [2.24, 2.45) is 0 Å². The average Bonchev–Trinajstić information content (AvgIpc) is 3.52. The number of likely N-dealkylation sites (tertiary alicyclic amines) is 1. The summed E-state index contributed by atoms with van der Waals surface area (Å²) in [6.07, 6.45) is 3.32. The van der Waals surface area contributed by atoms with E-state index < -0.39 is 0 Å². The van der Waals surface area contributed by atoms with Gasteiger partial charge in [-0.25, -0.2) is 4.98 Å². The van der Waals surface area contributed by atoms with Crippen LogP contribution in [0.1, 0.15) is 41.0 Å². The highest BCUT2D eigenvalue weighted by Crippen LogP contribution is 2.31. The van der Waals surface area contributed by atoms with Gasteiger partial charge < -0.3 is 24.7 Å². The van der Waals surface area contributed by atoms with E-state index >= 15 is 0 Å². The van der Waals surface area contributed by atoms with Crippen molar-refractivity contribution in [2.45, 2.75) is 38.5 Å². The lowest BCUT2D eigenvalue weighted by Gasteiger charge is -2.19. The lowest BCUT2D eigenvalue weighted by Crippen LogP contribution is -2.31. The van der Waals surface area contributed by atoms with Crippen molar-refractivity contribution < 1.29 is 14.3 Å². The minimum Gasteiger partial charge on any atom is -0.485 e. The first kappa shape index (κ1) is 26.4. The molecule has 1 aliphatic heterocycles. The second-order valence-electron chi connectivity index (χ2n) is 9.50. The molecule has 0 saturated carbocycles. The number of aromatic nitrogens is 2. The molecule has 1 fully saturated rings. The Bertz CT molecular complexity index is 1390. The molecule has 0 aliphatic carbocycles. The summed E-state index contributed by atoms with van der Waals surface area (Å²) in [4.78, 5) is 23.1. The number of ether oxygens (including phenoxy) is 2. The number of hydrogen-bond acceptors (Lipinski definition) is 5. The number of imidazole rings is 1. The van der Waals surface area contributed by atoms with Crippen LogP contribution in [0.5, 0.6) is 11.5 Å². The predicted octanol–water partition coefficient (Wildman–Crippen LogP) is 6.24. The van der Waals surface area contributed by atoms with E-state index in [1.165, 1.54) is 12.8 Å². The number of carbonyl (C=O) groups is 1. The molecule has 0 spiro atoms. The lowest BCUT2D eigenvalue weighted by atomic mass is 10.1. The van der Waals surface area contributed by atoms with Gasteiger partial charge in [0.15, 0.2) is 11.5 Å². The molecule has 3 aromatic carbocycles. The minimum absolute atomic E-state index is 0.149. The van der Waals surface area contributed by atoms with Gasteiger partial charge in [0.05, 0.1) is 11.0 Å². The molecule has 9 heteroatoms. The fourth-order valence-corrected chi connectivity index (χ4v) is 5.16. The number of nitrogens with zero attached hydrogens (tertiary/aromatic N) is 2. The van der Waals surface area contributed by atoms with Crippen molar-refractivity contribution in [2.75, 3.05) is 20.1 Å². The molecule has 1 atom stereocenters. The van der Waals surface area contributed by atoms with Crippen LogP contribution in [0.4, 0.5) is 0 Å². The van der Waals surface area contributed by atoms with Gasteiger partial charge in [-0.05, 0) is 75.3 Å². The summed E-state index contributed by atoms with van der Waals surface area (Å²) < 4.78 is 12.2. The number of para-hydroxylation sites is 2. The third kappa shape index (κ3) is 6.41. The van der Waals surface area contributed by atoms with Crippen LogP contribution in [0.3, 0.4) is 0 Å². The van der Waals surface area contributed by atoms with Crippen molar-refractivity contribution in [3.63, 3.8) is 0 Å². The van der Waals surface area contributed by atoms with Crippen molar-refractivity contribution in [3.8, 4) is 11.5 Å². The Morgan fingerprint density at radius 2 is 1.92 bits per heavy atom. The number of hydrogen-bond donors (Lipinski definition) is 2. The van der Waals surface area contributed by atoms with Crippen molar-refractivity contribution in [3.05, 3.63) is 87.7 Å². The van der Waals surface area contributed by atoms with Gasteiger partial charge in [0, 0.05) is 33.8 Å². The van der Waals surface area contributed by atoms with Crippen LogP contribution in [-0.2, 0) is 13.2 Å². The molecule has 1 aliphatic rings. The SMILES string of the molecule is CN1CCCC1CCNC(=O)c1ccc(OCc2nc3ccccc3[nH]2)c(OCc2ccc(Cl)cc2Cl)c1. The average molecular weight is 553 g/mol. The highest BCUT2D eigenvalue weighted by Gasteiger charge is 2.21. The first-order chi connectivity index (χ1) is 18.5. The number of H-pyrrole nitrogens is 1. The van der Waals surface area contributed by atoms with E-state index in [0.717, 1.165) is 29.6 Å². The van der Waals surface area contributed by atoms with Crippen LogP contribution in [0.15, 0.2) is 60.7 Å². The predicted molar refractivity (Wildman–Crippen MR) is 150 cm³/mol. The molecule has 4 aromatic rings. The summed E-state index contributed by atoms with van der Waals surface area (Å²) in [6, 6.07) is 18.8. The number of rotatable bonds is 10. The Labute approximate surface area is 232 Å². The van der Waals surface area contributed by atoms with Crippen LogP contribution in [0.2, 0.25) is 10.0 Å². The first-order valence-corrected chi connectivity index (χ1v) is 13.5. The van der Waals surface area contributed by atoms with E-state index in [9.17, 15) is 4.79 Å². The van der Waals surface area contributed by atoms with Crippen LogP contribution in [0, 0.1) is 0 Å². The summed E-state index contributed by atoms with van der Waals surface area (Å²) in [5, 5.41) is 4.10. The first-order valence-electron chi connectivity index (χ1n) is 12.7. The van der Waals surface area contributed by atoms with Crippen molar-refractivity contribution in [1.82, 2.24) is 20.2 Å². The Kier molecular flexibility index (Phi) is 8.37. The number of nitrogens with one attached hydrogen (secondary N) is 2. The van der Waals surface area contributed by atoms with Crippen molar-refractivity contribution >= 4 is 40.1 Å². The van der Waals surface area contributed by atoms with Crippen molar-refractivity contribution in [1.29, 1.82) is 0 Å². The standard InChI is InChI=1S/C29H30Cl2N4O3/c1-35-14-4-5-22(35)12-13-32-29(36)19-9-11-26(38-18-28-33-24-6-2-3-7-25(24)34-28)27(15-19)37-17-20-8-10-21(30)16-23(20)31/h2-3,6-11,15-16,22H,4-5,12-14,17-18H2,1H3,(H,32,36)(H,33,34). The van der Waals surface area contributed by atoms with E-state index in [-0.39, 0.29) is 19.1 Å². The second-order valence-corrected chi connectivity index (χ2v) is 10.3. The zero-order valence-corrected chi connectivity index (χ0v) is 22.7. The van der Waals surface area contributed by atoms with Gasteiger partial charge >= 0.3 is 0 Å². The van der Waals surface area contributed by atoms with Gasteiger partial charge in [0.2, 0.25) is 0 Å². The quantitative estimate of drug-likeness (QED) is 0.243. The molecule has 0 radical (unpaired) electrons. The highest BCUT2D eigenvalue weighted by atomic mass is 35.5. The maximum absolute atomic E-state index is 12.9. The fraction of sp³-hybridized carbons (Fsp3) is 0.310. The van der Waals surface area contributed by atoms with Gasteiger partial charge in [0.1, 0.15) is 19.0 Å². The Morgan fingerprint density at radius 3 is 2.71 bits per heavy atom. The molecule has 1 saturated heterocycles. The van der Waals surface area contributed by atoms with Gasteiger partial charge in [-0.2, -0.15) is 0 Å². The number of carbonyl (C=O) groups excluding carboxylic acids is 1. The molecule has 2 N–H and O–H groups in total. The molecule has 38 heavy (non-hydrogen) atoms. The Hall–Kier alpha value is -3.26. The Morgan fingerprint density at radius 1 is 1.08 bits per heavy atom. The molecule has 5 rings (SSSR count). The topological polar surface area (TPSA) is 79.5 Å². The molecular formula is C29H30Cl2N4O3. The third-order valence-electron chi connectivity index (χ3n) is 6.84. The maximum Gasteiger partial charge on any atom is 0.251 e. The summed E-state index contributed by atoms with van der Waals surface area (Å²) in [6.45, 7) is 2.14. The van der Waals surface area contributed by atoms with Gasteiger partial charge in [-0.15, -0.1) is 0 Å². The van der Waals surface area contributed by atoms with Crippen LogP contribution in [0.25, 0.3) is 11.0 Å². The van der Waals surface area contributed by atoms with Gasteiger partial charge in [-0.1, -0.05) is 41.4 Å². The largest absolute Gasteiger partial charge is 0.485 e. The van der Waals surface area contributed by atoms with E-state index in [2.05, 4.69) is 27.2 Å². The Balaban J connectivity index is 1.30. The number of benzene rings is 3. The molecule has 198 valence electrons. The third-order valence-corrected chi connectivity index (χ3v) is 7.43. The smallest absolute Gasteiger partial charge is 0.251 e. The van der Waals surface area contributed by atoms with Crippen LogP contribution >= 0.6 is 23.2 Å².